The summed E-state index contributed by atoms with van der Waals surface area (Å²) in [5, 5.41) is 14.3. The minimum absolute atomic E-state index is 0.00805. The van der Waals surface area contributed by atoms with Crippen LogP contribution in [0.2, 0.25) is 0 Å². The summed E-state index contributed by atoms with van der Waals surface area (Å²) in [6.07, 6.45) is -0.501. The first kappa shape index (κ1) is 13.3. The Balaban J connectivity index is 2.01. The minimum atomic E-state index is -0.501. The molecule has 0 radical (unpaired) electrons. The molecule has 3 rings (SSSR count). The number of fused-ring (bicyclic) bond motifs is 1. The molecular weight excluding hydrogens is 246 g/mol. The highest BCUT2D eigenvalue weighted by Gasteiger charge is 2.30. The van der Waals surface area contributed by atoms with Gasteiger partial charge >= 0.3 is 0 Å². The monoisotopic (exact) mass is 267 g/mol. The van der Waals surface area contributed by atoms with Gasteiger partial charge in [-0.05, 0) is 48.6 Å². The van der Waals surface area contributed by atoms with Gasteiger partial charge in [-0.25, -0.2) is 0 Å². The van der Waals surface area contributed by atoms with Crippen LogP contribution in [-0.2, 0) is 6.54 Å². The summed E-state index contributed by atoms with van der Waals surface area (Å²) in [6.45, 7) is 7.10. The van der Waals surface area contributed by atoms with E-state index in [0.29, 0.717) is 0 Å². The lowest BCUT2D eigenvalue weighted by molar-refractivity contribution is 0.132. The van der Waals surface area contributed by atoms with Crippen molar-refractivity contribution in [2.24, 2.45) is 0 Å². The average molecular weight is 267 g/mol. The molecule has 2 unspecified atom stereocenters. The van der Waals surface area contributed by atoms with Crippen LogP contribution >= 0.6 is 0 Å². The van der Waals surface area contributed by atoms with Gasteiger partial charge in [0, 0.05) is 6.54 Å². The molecule has 0 aromatic heterocycles. The lowest BCUT2D eigenvalue weighted by atomic mass is 9.89. The molecular formula is C18H21NO. The lowest BCUT2D eigenvalue weighted by Crippen LogP contribution is -2.21. The third kappa shape index (κ3) is 2.15. The third-order valence-corrected chi connectivity index (χ3v) is 4.25. The van der Waals surface area contributed by atoms with Crippen molar-refractivity contribution in [1.82, 2.24) is 5.32 Å². The summed E-state index contributed by atoms with van der Waals surface area (Å²) >= 11 is 0. The van der Waals surface area contributed by atoms with Crippen LogP contribution in [0, 0.1) is 20.8 Å². The average Bonchev–Trinajstić information content (AvgIpc) is 2.81. The molecule has 0 saturated carbocycles. The summed E-state index contributed by atoms with van der Waals surface area (Å²) in [5.74, 6) is 0. The van der Waals surface area contributed by atoms with Crippen molar-refractivity contribution in [3.63, 3.8) is 0 Å². The minimum Gasteiger partial charge on any atom is -0.386 e. The Morgan fingerprint density at radius 1 is 1.10 bits per heavy atom. The van der Waals surface area contributed by atoms with Crippen LogP contribution in [0.5, 0.6) is 0 Å². The maximum Gasteiger partial charge on any atom is 0.0990 e. The van der Waals surface area contributed by atoms with E-state index >= 15 is 0 Å². The first-order valence-electron chi connectivity index (χ1n) is 7.15. The Hall–Kier alpha value is -1.64. The Kier molecular flexibility index (Phi) is 3.36. The van der Waals surface area contributed by atoms with Crippen LogP contribution in [0.1, 0.15) is 45.5 Å². The smallest absolute Gasteiger partial charge is 0.0990 e. The lowest BCUT2D eigenvalue weighted by Gasteiger charge is -2.24. The van der Waals surface area contributed by atoms with Crippen molar-refractivity contribution in [2.75, 3.05) is 0 Å². The van der Waals surface area contributed by atoms with Gasteiger partial charge in [-0.1, -0.05) is 42.0 Å². The number of hydrogen-bond donors (Lipinski definition) is 2. The fourth-order valence-corrected chi connectivity index (χ4v) is 3.43. The molecule has 2 nitrogen and oxygen atoms in total. The summed E-state index contributed by atoms with van der Waals surface area (Å²) in [7, 11) is 0. The van der Waals surface area contributed by atoms with E-state index in [9.17, 15) is 5.11 Å². The zero-order valence-electron chi connectivity index (χ0n) is 12.3. The van der Waals surface area contributed by atoms with E-state index < -0.39 is 6.10 Å². The highest BCUT2D eigenvalue weighted by Crippen LogP contribution is 2.37. The molecule has 0 amide bonds. The highest BCUT2D eigenvalue weighted by atomic mass is 16.3. The van der Waals surface area contributed by atoms with Crippen molar-refractivity contribution < 1.29 is 5.11 Å². The highest BCUT2D eigenvalue weighted by molar-refractivity contribution is 5.43. The molecule has 1 aliphatic heterocycles. The molecule has 20 heavy (non-hydrogen) atoms. The van der Waals surface area contributed by atoms with E-state index in [4.69, 9.17) is 0 Å². The van der Waals surface area contributed by atoms with Gasteiger partial charge in [0.2, 0.25) is 0 Å². The zero-order chi connectivity index (χ0) is 14.3. The number of hydrogen-bond acceptors (Lipinski definition) is 2. The quantitative estimate of drug-likeness (QED) is 0.873. The summed E-state index contributed by atoms with van der Waals surface area (Å²) in [6, 6.07) is 12.6. The molecule has 2 heteroatoms. The van der Waals surface area contributed by atoms with Gasteiger partial charge < -0.3 is 10.4 Å². The van der Waals surface area contributed by atoms with Gasteiger partial charge in [-0.15, -0.1) is 0 Å². The Labute approximate surface area is 120 Å². The Bertz CT molecular complexity index is 625. The normalized spacial score (nSPS) is 18.9. The van der Waals surface area contributed by atoms with E-state index in [-0.39, 0.29) is 6.04 Å². The summed E-state index contributed by atoms with van der Waals surface area (Å²) < 4.78 is 0. The maximum atomic E-state index is 10.9. The fourth-order valence-electron chi connectivity index (χ4n) is 3.43. The van der Waals surface area contributed by atoms with Gasteiger partial charge in [0.15, 0.2) is 0 Å². The van der Waals surface area contributed by atoms with Crippen molar-refractivity contribution in [3.05, 3.63) is 69.8 Å². The Morgan fingerprint density at radius 3 is 2.45 bits per heavy atom. The second-order valence-corrected chi connectivity index (χ2v) is 5.81. The van der Waals surface area contributed by atoms with Gasteiger partial charge in [0.1, 0.15) is 0 Å². The van der Waals surface area contributed by atoms with Crippen LogP contribution in [0.25, 0.3) is 0 Å². The SMILES string of the molecule is Cc1cc(C)c(C(O)C2NCc3ccccc32)c(C)c1. The molecule has 2 aromatic rings. The first-order chi connectivity index (χ1) is 9.58. The zero-order valence-corrected chi connectivity index (χ0v) is 12.3. The molecule has 1 aliphatic rings. The topological polar surface area (TPSA) is 32.3 Å². The molecule has 1 heterocycles. The number of aliphatic hydroxyl groups excluding tert-OH is 1. The molecule has 2 N–H and O–H groups in total. The second kappa shape index (κ2) is 5.04. The summed E-state index contributed by atoms with van der Waals surface area (Å²) in [4.78, 5) is 0. The number of aryl methyl sites for hydroxylation is 3. The number of aliphatic hydroxyl groups is 1. The van der Waals surface area contributed by atoms with Crippen LogP contribution in [-0.4, -0.2) is 5.11 Å². The standard InChI is InChI=1S/C18H21NO/c1-11-8-12(2)16(13(3)9-11)18(20)17-15-7-5-4-6-14(15)10-19-17/h4-9,17-20H,10H2,1-3H3. The van der Waals surface area contributed by atoms with E-state index in [1.807, 2.05) is 6.07 Å². The third-order valence-electron chi connectivity index (χ3n) is 4.25. The maximum absolute atomic E-state index is 10.9. The molecule has 0 fully saturated rings. The molecule has 0 spiro atoms. The molecule has 104 valence electrons. The number of rotatable bonds is 2. The summed E-state index contributed by atoms with van der Waals surface area (Å²) in [5.41, 5.74) is 7.15. The fraction of sp³-hybridized carbons (Fsp3) is 0.333. The first-order valence-corrected chi connectivity index (χ1v) is 7.15. The number of benzene rings is 2. The van der Waals surface area contributed by atoms with Gasteiger partial charge in [0.05, 0.1) is 12.1 Å². The van der Waals surface area contributed by atoms with Crippen molar-refractivity contribution in [1.29, 1.82) is 0 Å². The van der Waals surface area contributed by atoms with Gasteiger partial charge in [-0.3, -0.25) is 0 Å². The van der Waals surface area contributed by atoms with Gasteiger partial charge in [-0.2, -0.15) is 0 Å². The molecule has 0 aliphatic carbocycles. The van der Waals surface area contributed by atoms with Gasteiger partial charge in [0.25, 0.3) is 0 Å². The van der Waals surface area contributed by atoms with E-state index in [2.05, 4.69) is 56.4 Å². The van der Waals surface area contributed by atoms with Crippen molar-refractivity contribution >= 4 is 0 Å². The second-order valence-electron chi connectivity index (χ2n) is 5.81. The van der Waals surface area contributed by atoms with E-state index in [0.717, 1.165) is 12.1 Å². The number of nitrogens with one attached hydrogen (secondary N) is 1. The van der Waals surface area contributed by atoms with Crippen LogP contribution < -0.4 is 5.32 Å². The largest absolute Gasteiger partial charge is 0.386 e. The van der Waals surface area contributed by atoms with Crippen molar-refractivity contribution in [2.45, 2.75) is 39.5 Å². The van der Waals surface area contributed by atoms with Crippen LogP contribution in [0.3, 0.4) is 0 Å². The van der Waals surface area contributed by atoms with Crippen molar-refractivity contribution in [3.8, 4) is 0 Å². The van der Waals surface area contributed by atoms with Crippen LogP contribution in [0.15, 0.2) is 36.4 Å². The Morgan fingerprint density at radius 2 is 1.75 bits per heavy atom. The predicted molar refractivity (Wildman–Crippen MR) is 81.6 cm³/mol. The molecule has 2 aromatic carbocycles. The molecule has 0 saturated heterocycles. The molecule has 0 bridgehead atoms. The van der Waals surface area contributed by atoms with E-state index in [1.165, 1.54) is 27.8 Å². The van der Waals surface area contributed by atoms with Crippen LogP contribution in [0.4, 0.5) is 0 Å². The molecule has 2 atom stereocenters. The van der Waals surface area contributed by atoms with E-state index in [1.54, 1.807) is 0 Å². The predicted octanol–water partition coefficient (Wildman–Crippen LogP) is 3.49.